The zero-order valence-electron chi connectivity index (χ0n) is 12.5. The zero-order valence-corrected chi connectivity index (χ0v) is 12.5. The number of piperidine rings is 1. The molecule has 0 saturated carbocycles. The van der Waals surface area contributed by atoms with Gasteiger partial charge in [-0.15, -0.1) is 0 Å². The molecule has 0 spiro atoms. The van der Waals surface area contributed by atoms with Crippen molar-refractivity contribution in [2.75, 3.05) is 23.8 Å². The predicted molar refractivity (Wildman–Crippen MR) is 84.8 cm³/mol. The van der Waals surface area contributed by atoms with Crippen LogP contribution in [0.5, 0.6) is 0 Å². The average molecular weight is 280 g/mol. The van der Waals surface area contributed by atoms with Gasteiger partial charge in [0, 0.05) is 25.6 Å². The maximum atomic E-state index is 4.67. The number of hydrogen-bond donors (Lipinski definition) is 1. The van der Waals surface area contributed by atoms with E-state index in [2.05, 4.69) is 50.5 Å². The lowest BCUT2D eigenvalue weighted by atomic mass is 9.75. The molecule has 1 saturated heterocycles. The maximum absolute atomic E-state index is 4.67. The number of nitrogens with zero attached hydrogens (tertiary/aromatic N) is 3. The van der Waals surface area contributed by atoms with Crippen LogP contribution in [-0.4, -0.2) is 23.6 Å². The second kappa shape index (κ2) is 4.72. The summed E-state index contributed by atoms with van der Waals surface area (Å²) in [6, 6.07) is 11.4. The molecule has 3 aliphatic rings. The Hall–Kier alpha value is -2.10. The van der Waals surface area contributed by atoms with Gasteiger partial charge in [0.25, 0.3) is 0 Å². The fraction of sp³-hybridized carbons (Fsp3) is 0.412. The van der Waals surface area contributed by atoms with Gasteiger partial charge in [-0.25, -0.2) is 9.97 Å². The highest BCUT2D eigenvalue weighted by atomic mass is 15.2. The van der Waals surface area contributed by atoms with Crippen molar-refractivity contribution in [3.8, 4) is 0 Å². The molecule has 1 aromatic carbocycles. The summed E-state index contributed by atoms with van der Waals surface area (Å²) >= 11 is 0. The Kier molecular flexibility index (Phi) is 2.84. The number of aromatic nitrogens is 2. The number of aryl methyl sites for hydroxylation is 1. The van der Waals surface area contributed by atoms with Crippen LogP contribution in [0.15, 0.2) is 30.3 Å². The van der Waals surface area contributed by atoms with Gasteiger partial charge < -0.3 is 10.2 Å². The lowest BCUT2D eigenvalue weighted by molar-refractivity contribution is 0.387. The van der Waals surface area contributed by atoms with Gasteiger partial charge in [0.05, 0.1) is 6.04 Å². The normalized spacial score (nSPS) is 23.0. The Labute approximate surface area is 125 Å². The molecule has 1 aromatic heterocycles. The van der Waals surface area contributed by atoms with Crippen molar-refractivity contribution in [2.24, 2.45) is 0 Å². The zero-order chi connectivity index (χ0) is 14.4. The fourth-order valence-corrected chi connectivity index (χ4v) is 3.81. The van der Waals surface area contributed by atoms with E-state index in [0.29, 0.717) is 12.0 Å². The molecule has 2 bridgehead atoms. The van der Waals surface area contributed by atoms with E-state index in [1.165, 1.54) is 18.4 Å². The van der Waals surface area contributed by atoms with Crippen molar-refractivity contribution in [1.29, 1.82) is 0 Å². The summed E-state index contributed by atoms with van der Waals surface area (Å²) in [5.74, 6) is 3.41. The highest BCUT2D eigenvalue weighted by Crippen LogP contribution is 2.47. The van der Waals surface area contributed by atoms with Gasteiger partial charge in [-0.1, -0.05) is 24.3 Å². The van der Waals surface area contributed by atoms with Gasteiger partial charge in [0.2, 0.25) is 0 Å². The Bertz CT molecular complexity index is 682. The summed E-state index contributed by atoms with van der Waals surface area (Å²) in [6.07, 6.45) is 2.51. The molecule has 2 aromatic rings. The van der Waals surface area contributed by atoms with E-state index in [0.717, 1.165) is 24.0 Å². The minimum Gasteiger partial charge on any atom is -0.373 e. The van der Waals surface area contributed by atoms with E-state index in [4.69, 9.17) is 0 Å². The SMILES string of the molecule is CNc1cc(N2C[C@H]3CC[C@H]2c2ccccc23)nc(C)n1. The molecular weight excluding hydrogens is 260 g/mol. The lowest BCUT2D eigenvalue weighted by Crippen LogP contribution is -2.43. The first-order valence-corrected chi connectivity index (χ1v) is 7.65. The summed E-state index contributed by atoms with van der Waals surface area (Å²) in [5, 5.41) is 3.13. The smallest absolute Gasteiger partial charge is 0.134 e. The number of benzene rings is 1. The molecule has 2 atom stereocenters. The van der Waals surface area contributed by atoms with Crippen molar-refractivity contribution in [3.05, 3.63) is 47.3 Å². The summed E-state index contributed by atoms with van der Waals surface area (Å²) < 4.78 is 0. The van der Waals surface area contributed by atoms with E-state index in [1.54, 1.807) is 5.56 Å². The van der Waals surface area contributed by atoms with Gasteiger partial charge >= 0.3 is 0 Å². The molecule has 1 fully saturated rings. The molecular formula is C17H20N4. The van der Waals surface area contributed by atoms with E-state index < -0.39 is 0 Å². The monoisotopic (exact) mass is 280 g/mol. The Morgan fingerprint density at radius 3 is 2.76 bits per heavy atom. The van der Waals surface area contributed by atoms with Gasteiger partial charge in [0.1, 0.15) is 17.5 Å². The Morgan fingerprint density at radius 1 is 1.14 bits per heavy atom. The van der Waals surface area contributed by atoms with E-state index in [1.807, 2.05) is 14.0 Å². The molecule has 5 rings (SSSR count). The van der Waals surface area contributed by atoms with Gasteiger partial charge in [-0.2, -0.15) is 0 Å². The highest BCUT2D eigenvalue weighted by Gasteiger charge is 2.38. The minimum atomic E-state index is 0.463. The van der Waals surface area contributed by atoms with Crippen LogP contribution >= 0.6 is 0 Å². The first-order valence-electron chi connectivity index (χ1n) is 7.65. The summed E-state index contributed by atoms with van der Waals surface area (Å²) in [7, 11) is 1.91. The van der Waals surface area contributed by atoms with Crippen LogP contribution in [0.4, 0.5) is 11.6 Å². The quantitative estimate of drug-likeness (QED) is 0.916. The van der Waals surface area contributed by atoms with Crippen molar-refractivity contribution >= 4 is 11.6 Å². The topological polar surface area (TPSA) is 41.0 Å². The molecule has 0 radical (unpaired) electrons. The molecule has 3 heterocycles. The summed E-state index contributed by atoms with van der Waals surface area (Å²) in [4.78, 5) is 11.5. The van der Waals surface area contributed by atoms with Crippen LogP contribution in [0.3, 0.4) is 0 Å². The second-order valence-corrected chi connectivity index (χ2v) is 5.98. The van der Waals surface area contributed by atoms with E-state index >= 15 is 0 Å². The van der Waals surface area contributed by atoms with Crippen molar-refractivity contribution < 1.29 is 0 Å². The van der Waals surface area contributed by atoms with Crippen LogP contribution in [0.1, 0.15) is 41.8 Å². The minimum absolute atomic E-state index is 0.463. The largest absolute Gasteiger partial charge is 0.373 e. The maximum Gasteiger partial charge on any atom is 0.134 e. The average Bonchev–Trinajstić information content (AvgIpc) is 2.55. The second-order valence-electron chi connectivity index (χ2n) is 5.98. The van der Waals surface area contributed by atoms with Gasteiger partial charge in [-0.05, 0) is 30.9 Å². The third-order valence-corrected chi connectivity index (χ3v) is 4.75. The van der Waals surface area contributed by atoms with Crippen LogP contribution in [0, 0.1) is 6.92 Å². The Morgan fingerprint density at radius 2 is 1.95 bits per heavy atom. The predicted octanol–water partition coefficient (Wildman–Crippen LogP) is 3.27. The highest BCUT2D eigenvalue weighted by molar-refractivity contribution is 5.55. The first-order chi connectivity index (χ1) is 10.3. The molecule has 1 N–H and O–H groups in total. The molecule has 4 heteroatoms. The molecule has 108 valence electrons. The number of anilines is 2. The number of rotatable bonds is 2. The van der Waals surface area contributed by atoms with Crippen LogP contribution in [-0.2, 0) is 0 Å². The van der Waals surface area contributed by atoms with Crippen molar-refractivity contribution in [3.63, 3.8) is 0 Å². The van der Waals surface area contributed by atoms with E-state index in [-0.39, 0.29) is 0 Å². The molecule has 21 heavy (non-hydrogen) atoms. The molecule has 4 nitrogen and oxygen atoms in total. The standard InChI is InChI=1S/C17H20N4/c1-11-19-16(18-2)9-17(20-11)21-10-12-7-8-15(21)14-6-4-3-5-13(12)14/h3-6,9,12,15H,7-8,10H2,1-2H3,(H,18,19,20)/t12-,15+/m1/s1. The number of nitrogens with one attached hydrogen (secondary N) is 1. The van der Waals surface area contributed by atoms with Crippen molar-refractivity contribution in [1.82, 2.24) is 9.97 Å². The van der Waals surface area contributed by atoms with Gasteiger partial charge in [-0.3, -0.25) is 0 Å². The summed E-state index contributed by atoms with van der Waals surface area (Å²) in [5.41, 5.74) is 3.03. The molecule has 2 aliphatic heterocycles. The first kappa shape index (κ1) is 12.6. The third-order valence-electron chi connectivity index (χ3n) is 4.75. The van der Waals surface area contributed by atoms with Crippen molar-refractivity contribution in [2.45, 2.75) is 31.7 Å². The van der Waals surface area contributed by atoms with Crippen LogP contribution in [0.25, 0.3) is 0 Å². The van der Waals surface area contributed by atoms with Crippen LogP contribution < -0.4 is 10.2 Å². The Balaban J connectivity index is 1.77. The van der Waals surface area contributed by atoms with Crippen LogP contribution in [0.2, 0.25) is 0 Å². The van der Waals surface area contributed by atoms with E-state index in [9.17, 15) is 0 Å². The lowest BCUT2D eigenvalue weighted by Gasteiger charge is -2.47. The summed E-state index contributed by atoms with van der Waals surface area (Å²) in [6.45, 7) is 3.03. The number of fused-ring (bicyclic) bond motifs is 2. The number of hydrogen-bond acceptors (Lipinski definition) is 4. The fourth-order valence-electron chi connectivity index (χ4n) is 3.81. The third kappa shape index (κ3) is 1.97. The van der Waals surface area contributed by atoms with Gasteiger partial charge in [0.15, 0.2) is 0 Å². The molecule has 0 amide bonds. The molecule has 0 unspecified atom stereocenters. The molecule has 1 aliphatic carbocycles.